The maximum atomic E-state index is 6.35. The molecule has 1 aromatic heterocycles. The molecular formula is C18H32N2OSi. The third-order valence-electron chi connectivity index (χ3n) is 5.37. The van der Waals surface area contributed by atoms with Gasteiger partial charge in [-0.1, -0.05) is 20.8 Å². The van der Waals surface area contributed by atoms with Gasteiger partial charge in [-0.25, -0.2) is 0 Å². The maximum absolute atomic E-state index is 6.35. The molecule has 0 spiro atoms. The molecular weight excluding hydrogens is 288 g/mol. The molecule has 3 nitrogen and oxygen atoms in total. The largest absolute Gasteiger partial charge is 0.412 e. The molecule has 0 aromatic carbocycles. The van der Waals surface area contributed by atoms with Gasteiger partial charge in [0.25, 0.3) is 0 Å². The average Bonchev–Trinajstić information content (AvgIpc) is 3.26. The molecule has 1 aliphatic rings. The van der Waals surface area contributed by atoms with Gasteiger partial charge in [0.05, 0.1) is 6.61 Å². The summed E-state index contributed by atoms with van der Waals surface area (Å²) in [6.07, 6.45) is 8.59. The third-order valence-corrected chi connectivity index (χ3v) is 9.85. The summed E-state index contributed by atoms with van der Waals surface area (Å²) in [6.45, 7) is 12.1. The number of hydrogen-bond donors (Lipinski definition) is 1. The lowest BCUT2D eigenvalue weighted by atomic mass is 10.0. The third kappa shape index (κ3) is 4.64. The minimum Gasteiger partial charge on any atom is -0.412 e. The highest BCUT2D eigenvalue weighted by atomic mass is 28.4. The molecule has 1 unspecified atom stereocenters. The first kappa shape index (κ1) is 17.6. The van der Waals surface area contributed by atoms with Gasteiger partial charge in [-0.15, -0.1) is 0 Å². The van der Waals surface area contributed by atoms with Gasteiger partial charge < -0.3 is 10.2 Å². The van der Waals surface area contributed by atoms with E-state index in [4.69, 9.17) is 10.2 Å². The zero-order chi connectivity index (χ0) is 16.4. The number of aromatic nitrogens is 1. The van der Waals surface area contributed by atoms with Crippen molar-refractivity contribution in [2.45, 2.75) is 77.2 Å². The Morgan fingerprint density at radius 1 is 1.32 bits per heavy atom. The van der Waals surface area contributed by atoms with Crippen molar-refractivity contribution in [3.05, 3.63) is 29.6 Å². The summed E-state index contributed by atoms with van der Waals surface area (Å²) in [6, 6.07) is 2.49. The summed E-state index contributed by atoms with van der Waals surface area (Å²) in [5.41, 5.74) is 8.82. The van der Waals surface area contributed by atoms with Crippen LogP contribution in [-0.4, -0.2) is 19.3 Å². The van der Waals surface area contributed by atoms with Gasteiger partial charge in [-0.3, -0.25) is 4.98 Å². The lowest BCUT2D eigenvalue weighted by Gasteiger charge is -2.36. The molecule has 0 saturated heterocycles. The number of hydrogen-bond acceptors (Lipinski definition) is 3. The van der Waals surface area contributed by atoms with Crippen LogP contribution in [0.4, 0.5) is 0 Å². The fraction of sp³-hybridized carbons (Fsp3) is 0.722. The number of nitrogens with two attached hydrogens (primary N) is 1. The van der Waals surface area contributed by atoms with Crippen molar-refractivity contribution in [2.24, 2.45) is 11.7 Å². The van der Waals surface area contributed by atoms with Crippen molar-refractivity contribution in [1.82, 2.24) is 4.98 Å². The van der Waals surface area contributed by atoms with Crippen LogP contribution in [0, 0.1) is 5.92 Å². The number of pyridine rings is 1. The predicted molar refractivity (Wildman–Crippen MR) is 95.2 cm³/mol. The second-order valence-corrected chi connectivity index (χ2v) is 13.0. The molecule has 1 fully saturated rings. The van der Waals surface area contributed by atoms with Crippen LogP contribution in [0.5, 0.6) is 0 Å². The van der Waals surface area contributed by atoms with Crippen molar-refractivity contribution in [1.29, 1.82) is 0 Å². The summed E-state index contributed by atoms with van der Waals surface area (Å²) in [5.74, 6) is 0.772. The molecule has 1 heterocycles. The van der Waals surface area contributed by atoms with E-state index in [1.807, 2.05) is 12.4 Å². The first-order chi connectivity index (χ1) is 10.2. The zero-order valence-corrected chi connectivity index (χ0v) is 15.9. The second kappa shape index (κ2) is 6.81. The first-order valence-electron chi connectivity index (χ1n) is 8.52. The van der Waals surface area contributed by atoms with E-state index in [1.54, 1.807) is 0 Å². The van der Waals surface area contributed by atoms with Crippen LogP contribution in [-0.2, 0) is 17.5 Å². The summed E-state index contributed by atoms with van der Waals surface area (Å²) >= 11 is 0. The number of nitrogens with zero attached hydrogens (tertiary/aromatic N) is 1. The monoisotopic (exact) mass is 320 g/mol. The van der Waals surface area contributed by atoms with Crippen LogP contribution in [0.3, 0.4) is 0 Å². The molecule has 2 N–H and O–H groups in total. The van der Waals surface area contributed by atoms with Crippen LogP contribution in [0.25, 0.3) is 0 Å². The summed E-state index contributed by atoms with van der Waals surface area (Å²) in [4.78, 5) is 4.29. The molecule has 1 aromatic rings. The molecule has 124 valence electrons. The molecule has 0 radical (unpaired) electrons. The quantitative estimate of drug-likeness (QED) is 0.763. The Hall–Kier alpha value is -0.713. The molecule has 1 saturated carbocycles. The molecule has 22 heavy (non-hydrogen) atoms. The molecule has 1 aliphatic carbocycles. The van der Waals surface area contributed by atoms with Crippen molar-refractivity contribution in [2.75, 3.05) is 0 Å². The van der Waals surface area contributed by atoms with E-state index in [0.717, 1.165) is 18.8 Å². The maximum Gasteiger partial charge on any atom is 0.192 e. The van der Waals surface area contributed by atoms with Crippen LogP contribution in [0.2, 0.25) is 18.1 Å². The number of aryl methyl sites for hydroxylation is 1. The molecule has 0 amide bonds. The van der Waals surface area contributed by atoms with E-state index in [-0.39, 0.29) is 5.04 Å². The van der Waals surface area contributed by atoms with Crippen LogP contribution in [0.1, 0.15) is 51.2 Å². The summed E-state index contributed by atoms with van der Waals surface area (Å²) in [5, 5.41) is 0.240. The van der Waals surface area contributed by atoms with Gasteiger partial charge in [0.1, 0.15) is 0 Å². The number of rotatable bonds is 7. The Morgan fingerprint density at radius 2 is 2.00 bits per heavy atom. The van der Waals surface area contributed by atoms with E-state index >= 15 is 0 Å². The van der Waals surface area contributed by atoms with Gasteiger partial charge in [0, 0.05) is 18.4 Å². The van der Waals surface area contributed by atoms with E-state index in [0.29, 0.717) is 12.6 Å². The standard InChI is InChI=1S/C18H32N2OSi/c1-18(2,3)22(4,5)21-13-16-12-20-11-10-14(16)8-9-17(19)15-6-7-15/h10-12,15,17H,6-9,13,19H2,1-5H3. The Balaban J connectivity index is 1.95. The second-order valence-electron chi connectivity index (χ2n) is 8.23. The lowest BCUT2D eigenvalue weighted by Crippen LogP contribution is -2.40. The zero-order valence-electron chi connectivity index (χ0n) is 14.9. The van der Waals surface area contributed by atoms with Gasteiger partial charge in [-0.05, 0) is 66.9 Å². The van der Waals surface area contributed by atoms with Crippen LogP contribution in [0.15, 0.2) is 18.5 Å². The van der Waals surface area contributed by atoms with Crippen LogP contribution >= 0.6 is 0 Å². The minimum absolute atomic E-state index is 0.240. The van der Waals surface area contributed by atoms with Gasteiger partial charge >= 0.3 is 0 Å². The highest BCUT2D eigenvalue weighted by molar-refractivity contribution is 6.74. The molecule has 2 rings (SSSR count). The predicted octanol–water partition coefficient (Wildman–Crippen LogP) is 4.27. The van der Waals surface area contributed by atoms with E-state index < -0.39 is 8.32 Å². The van der Waals surface area contributed by atoms with Crippen molar-refractivity contribution >= 4 is 8.32 Å². The van der Waals surface area contributed by atoms with Gasteiger partial charge in [0.2, 0.25) is 0 Å². The normalized spacial score (nSPS) is 17.5. The SMILES string of the molecule is CC(C)(C)[Si](C)(C)OCc1cnccc1CCC(N)C1CC1. The Labute approximate surface area is 136 Å². The topological polar surface area (TPSA) is 48.1 Å². The van der Waals surface area contributed by atoms with Crippen molar-refractivity contribution in [3.63, 3.8) is 0 Å². The molecule has 0 aliphatic heterocycles. The average molecular weight is 321 g/mol. The van der Waals surface area contributed by atoms with E-state index in [1.165, 1.54) is 24.0 Å². The summed E-state index contributed by atoms with van der Waals surface area (Å²) in [7, 11) is -1.72. The van der Waals surface area contributed by atoms with Crippen molar-refractivity contribution < 1.29 is 4.43 Å². The lowest BCUT2D eigenvalue weighted by molar-refractivity contribution is 0.274. The molecule has 4 heteroatoms. The summed E-state index contributed by atoms with van der Waals surface area (Å²) < 4.78 is 6.35. The Morgan fingerprint density at radius 3 is 2.59 bits per heavy atom. The first-order valence-corrected chi connectivity index (χ1v) is 11.4. The highest BCUT2D eigenvalue weighted by Crippen LogP contribution is 2.37. The van der Waals surface area contributed by atoms with E-state index in [2.05, 4.69) is 44.9 Å². The molecule has 0 bridgehead atoms. The van der Waals surface area contributed by atoms with Gasteiger partial charge in [-0.2, -0.15) is 0 Å². The smallest absolute Gasteiger partial charge is 0.192 e. The Kier molecular flexibility index (Phi) is 5.46. The highest BCUT2D eigenvalue weighted by Gasteiger charge is 2.37. The minimum atomic E-state index is -1.72. The van der Waals surface area contributed by atoms with Crippen molar-refractivity contribution in [3.8, 4) is 0 Å². The van der Waals surface area contributed by atoms with Gasteiger partial charge in [0.15, 0.2) is 8.32 Å². The Bertz CT molecular complexity index is 492. The fourth-order valence-corrected chi connectivity index (χ4v) is 3.34. The van der Waals surface area contributed by atoms with Crippen LogP contribution < -0.4 is 5.73 Å². The van der Waals surface area contributed by atoms with E-state index in [9.17, 15) is 0 Å². The fourth-order valence-electron chi connectivity index (χ4n) is 2.39. The molecule has 1 atom stereocenters.